The number of nitrogens with one attached hydrogen (secondary N) is 1. The summed E-state index contributed by atoms with van der Waals surface area (Å²) in [5.74, 6) is -0.339. The summed E-state index contributed by atoms with van der Waals surface area (Å²) >= 11 is 12.3. The maximum Gasteiger partial charge on any atom is 0.433 e. The smallest absolute Gasteiger partial charge is 0.351 e. The van der Waals surface area contributed by atoms with Crippen molar-refractivity contribution in [3.8, 4) is 0 Å². The maximum atomic E-state index is 13.5. The minimum atomic E-state index is -4.54. The van der Waals surface area contributed by atoms with E-state index < -0.39 is 27.3 Å². The SMILES string of the molecule is C[C@@H]1CN(CCC(C)(C(=O)NCc2ccc(C(F)(F)F)nc2)c2ccc(Cl)c(Cl)c2)CCN1S(C)(=O)=O. The van der Waals surface area contributed by atoms with Gasteiger partial charge >= 0.3 is 6.18 Å². The Kier molecular flexibility index (Phi) is 9.17. The number of nitrogens with zero attached hydrogens (tertiary/aromatic N) is 3. The van der Waals surface area contributed by atoms with Crippen LogP contribution in [0.2, 0.25) is 10.0 Å². The minimum absolute atomic E-state index is 0.00898. The Labute approximate surface area is 225 Å². The number of piperazine rings is 1. The quantitative estimate of drug-likeness (QED) is 0.502. The van der Waals surface area contributed by atoms with Crippen LogP contribution in [0.3, 0.4) is 0 Å². The molecule has 1 aromatic carbocycles. The van der Waals surface area contributed by atoms with Crippen LogP contribution in [0.5, 0.6) is 0 Å². The average Bonchev–Trinajstić information content (AvgIpc) is 2.81. The molecule has 1 aliphatic heterocycles. The summed E-state index contributed by atoms with van der Waals surface area (Å²) in [6.07, 6.45) is -1.88. The molecule has 0 radical (unpaired) electrons. The highest BCUT2D eigenvalue weighted by molar-refractivity contribution is 7.88. The first kappa shape index (κ1) is 29.6. The first-order chi connectivity index (χ1) is 17.1. The zero-order valence-electron chi connectivity index (χ0n) is 20.6. The number of hydrogen-bond acceptors (Lipinski definition) is 5. The molecule has 0 saturated carbocycles. The molecule has 1 amide bonds. The fraction of sp³-hybridized carbons (Fsp3) is 0.500. The number of amides is 1. The summed E-state index contributed by atoms with van der Waals surface area (Å²) in [4.78, 5) is 19.0. The van der Waals surface area contributed by atoms with Gasteiger partial charge in [0.25, 0.3) is 0 Å². The molecule has 1 N–H and O–H groups in total. The van der Waals surface area contributed by atoms with Crippen molar-refractivity contribution in [2.45, 2.75) is 44.4 Å². The van der Waals surface area contributed by atoms with E-state index in [2.05, 4.69) is 15.2 Å². The van der Waals surface area contributed by atoms with Crippen LogP contribution >= 0.6 is 23.2 Å². The summed E-state index contributed by atoms with van der Waals surface area (Å²) < 4.78 is 63.8. The van der Waals surface area contributed by atoms with Gasteiger partial charge in [0, 0.05) is 38.4 Å². The highest BCUT2D eigenvalue weighted by Crippen LogP contribution is 2.34. The first-order valence-corrected chi connectivity index (χ1v) is 14.2. The molecular weight excluding hydrogens is 552 g/mol. The van der Waals surface area contributed by atoms with Gasteiger partial charge in [0.05, 0.1) is 21.7 Å². The van der Waals surface area contributed by atoms with Crippen molar-refractivity contribution in [3.63, 3.8) is 0 Å². The molecule has 1 unspecified atom stereocenters. The number of alkyl halides is 3. The molecule has 2 aromatic rings. The number of rotatable bonds is 8. The molecular formula is C24H29Cl2F3N4O3S. The topological polar surface area (TPSA) is 82.6 Å². The van der Waals surface area contributed by atoms with Crippen LogP contribution in [0.25, 0.3) is 0 Å². The van der Waals surface area contributed by atoms with Gasteiger partial charge in [0.15, 0.2) is 0 Å². The van der Waals surface area contributed by atoms with Crippen LogP contribution in [0, 0.1) is 0 Å². The van der Waals surface area contributed by atoms with Crippen LogP contribution in [-0.4, -0.2) is 67.0 Å². The molecule has 37 heavy (non-hydrogen) atoms. The lowest BCUT2D eigenvalue weighted by atomic mass is 9.78. The third-order valence-electron chi connectivity index (χ3n) is 6.63. The van der Waals surface area contributed by atoms with Gasteiger partial charge < -0.3 is 10.2 Å². The van der Waals surface area contributed by atoms with Crippen molar-refractivity contribution in [2.75, 3.05) is 32.4 Å². The average molecular weight is 581 g/mol. The van der Waals surface area contributed by atoms with Crippen molar-refractivity contribution < 1.29 is 26.4 Å². The Balaban J connectivity index is 1.75. The van der Waals surface area contributed by atoms with Gasteiger partial charge in [-0.25, -0.2) is 8.42 Å². The first-order valence-electron chi connectivity index (χ1n) is 11.6. The molecule has 204 valence electrons. The van der Waals surface area contributed by atoms with E-state index in [1.807, 2.05) is 6.92 Å². The summed E-state index contributed by atoms with van der Waals surface area (Å²) in [5, 5.41) is 3.45. The second-order valence-electron chi connectivity index (χ2n) is 9.47. The monoisotopic (exact) mass is 580 g/mol. The molecule has 1 aromatic heterocycles. The Morgan fingerprint density at radius 2 is 1.86 bits per heavy atom. The lowest BCUT2D eigenvalue weighted by Gasteiger charge is -2.40. The van der Waals surface area contributed by atoms with Crippen LogP contribution in [0.1, 0.15) is 37.1 Å². The van der Waals surface area contributed by atoms with Gasteiger partial charge in [0.1, 0.15) is 5.69 Å². The number of hydrogen-bond donors (Lipinski definition) is 1. The van der Waals surface area contributed by atoms with E-state index in [9.17, 15) is 26.4 Å². The largest absolute Gasteiger partial charge is 0.433 e. The number of pyridine rings is 1. The van der Waals surface area contributed by atoms with Crippen LogP contribution in [-0.2, 0) is 33.0 Å². The number of aromatic nitrogens is 1. The highest BCUT2D eigenvalue weighted by Gasteiger charge is 2.37. The van der Waals surface area contributed by atoms with Crippen molar-refractivity contribution in [3.05, 3.63) is 63.4 Å². The fourth-order valence-electron chi connectivity index (χ4n) is 4.40. The number of carbonyl (C=O) groups excluding carboxylic acids is 1. The van der Waals surface area contributed by atoms with E-state index in [4.69, 9.17) is 23.2 Å². The van der Waals surface area contributed by atoms with Gasteiger partial charge in [-0.3, -0.25) is 9.78 Å². The molecule has 13 heteroatoms. The van der Waals surface area contributed by atoms with Crippen LogP contribution in [0.4, 0.5) is 13.2 Å². The Morgan fingerprint density at radius 1 is 1.16 bits per heavy atom. The summed E-state index contributed by atoms with van der Waals surface area (Å²) in [6, 6.07) is 6.90. The van der Waals surface area contributed by atoms with Gasteiger partial charge in [-0.05, 0) is 56.1 Å². The van der Waals surface area contributed by atoms with Gasteiger partial charge in [-0.2, -0.15) is 17.5 Å². The lowest BCUT2D eigenvalue weighted by Crippen LogP contribution is -2.54. The summed E-state index contributed by atoms with van der Waals surface area (Å²) in [7, 11) is -3.30. The van der Waals surface area contributed by atoms with Crippen LogP contribution in [0.15, 0.2) is 36.5 Å². The Morgan fingerprint density at radius 3 is 2.41 bits per heavy atom. The number of sulfonamides is 1. The standard InChI is InChI=1S/C24H29Cl2F3N4O3S/c1-16-15-32(10-11-33(16)37(3,35)36)9-8-23(2,18-5-6-19(25)20(26)12-18)22(34)31-14-17-4-7-21(30-13-17)24(27,28)29/h4-7,12-13,16H,8-11,14-15H2,1-3H3,(H,31,34)/t16-,23?/m1/s1. The van der Waals surface area contributed by atoms with Gasteiger partial charge in [-0.1, -0.05) is 35.3 Å². The number of carbonyl (C=O) groups is 1. The van der Waals surface area contributed by atoms with E-state index in [0.29, 0.717) is 53.8 Å². The number of halogens is 5. The van der Waals surface area contributed by atoms with E-state index >= 15 is 0 Å². The zero-order valence-corrected chi connectivity index (χ0v) is 23.0. The summed E-state index contributed by atoms with van der Waals surface area (Å²) in [5.41, 5.74) is -1.00. The molecule has 1 aliphatic rings. The molecule has 2 atom stereocenters. The number of benzene rings is 1. The van der Waals surface area contributed by atoms with Crippen molar-refractivity contribution in [2.24, 2.45) is 0 Å². The highest BCUT2D eigenvalue weighted by atomic mass is 35.5. The molecule has 0 spiro atoms. The molecule has 2 heterocycles. The van der Waals surface area contributed by atoms with E-state index in [0.717, 1.165) is 12.3 Å². The normalized spacial score (nSPS) is 19.4. The lowest BCUT2D eigenvalue weighted by molar-refractivity contribution is -0.141. The third kappa shape index (κ3) is 7.35. The maximum absolute atomic E-state index is 13.5. The van der Waals surface area contributed by atoms with E-state index in [1.165, 1.54) is 16.6 Å². The van der Waals surface area contributed by atoms with Crippen molar-refractivity contribution >= 4 is 39.1 Å². The van der Waals surface area contributed by atoms with Crippen molar-refractivity contribution in [1.82, 2.24) is 19.5 Å². The summed E-state index contributed by atoms with van der Waals surface area (Å²) in [6.45, 7) is 5.51. The molecule has 1 saturated heterocycles. The van der Waals surface area contributed by atoms with Gasteiger partial charge in [-0.15, -0.1) is 0 Å². The second-order valence-corrected chi connectivity index (χ2v) is 12.2. The molecule has 7 nitrogen and oxygen atoms in total. The Hall–Kier alpha value is -1.92. The molecule has 0 bridgehead atoms. The predicted octanol–water partition coefficient (Wildman–Crippen LogP) is 4.34. The van der Waals surface area contributed by atoms with Gasteiger partial charge in [0.2, 0.25) is 15.9 Å². The third-order valence-corrected chi connectivity index (χ3v) is 8.76. The van der Waals surface area contributed by atoms with E-state index in [1.54, 1.807) is 25.1 Å². The minimum Gasteiger partial charge on any atom is -0.351 e. The predicted molar refractivity (Wildman–Crippen MR) is 137 cm³/mol. The van der Waals surface area contributed by atoms with Crippen LogP contribution < -0.4 is 5.32 Å². The molecule has 1 fully saturated rings. The second kappa shape index (κ2) is 11.4. The Bertz CT molecular complexity index is 1230. The van der Waals surface area contributed by atoms with Crippen molar-refractivity contribution in [1.29, 1.82) is 0 Å². The van der Waals surface area contributed by atoms with E-state index in [-0.39, 0.29) is 18.5 Å². The molecule has 0 aliphatic carbocycles. The molecule has 3 rings (SSSR count). The fourth-order valence-corrected chi connectivity index (χ4v) is 5.83. The zero-order chi connectivity index (χ0) is 27.6.